The molecule has 0 unspecified atom stereocenters. The number of hydrogen-bond acceptors (Lipinski definition) is 6. The van der Waals surface area contributed by atoms with Crippen molar-refractivity contribution in [2.75, 3.05) is 5.32 Å². The van der Waals surface area contributed by atoms with E-state index < -0.39 is 0 Å². The maximum Gasteiger partial charge on any atom is 0.237 e. The number of fused-ring (bicyclic) bond motifs is 1. The van der Waals surface area contributed by atoms with Crippen molar-refractivity contribution in [2.24, 2.45) is 0 Å². The number of aryl methyl sites for hydroxylation is 1. The van der Waals surface area contributed by atoms with Gasteiger partial charge in [-0.3, -0.25) is 9.59 Å². The summed E-state index contributed by atoms with van der Waals surface area (Å²) in [4.78, 5) is 24.3. The number of nitrogens with zero attached hydrogens (tertiary/aromatic N) is 4. The van der Waals surface area contributed by atoms with Gasteiger partial charge in [-0.15, -0.1) is 5.10 Å². The number of rotatable bonds is 4. The number of para-hydroxylation sites is 1. The van der Waals surface area contributed by atoms with E-state index in [0.717, 1.165) is 17.7 Å². The summed E-state index contributed by atoms with van der Waals surface area (Å²) in [6.45, 7) is 1.52. The number of benzene rings is 2. The Kier molecular flexibility index (Phi) is 4.72. The fourth-order valence-electron chi connectivity index (χ4n) is 3.00. The van der Waals surface area contributed by atoms with Gasteiger partial charge in [0.05, 0.1) is 10.9 Å². The van der Waals surface area contributed by atoms with Gasteiger partial charge in [-0.25, -0.2) is 0 Å². The van der Waals surface area contributed by atoms with E-state index in [-0.39, 0.29) is 16.9 Å². The van der Waals surface area contributed by atoms with Crippen molar-refractivity contribution < 1.29 is 9.59 Å². The van der Waals surface area contributed by atoms with Crippen LogP contribution < -0.4 is 5.32 Å². The maximum absolute atomic E-state index is 12.6. The molecule has 1 atom stereocenters. The minimum absolute atomic E-state index is 0.0277. The van der Waals surface area contributed by atoms with Crippen LogP contribution in [-0.4, -0.2) is 37.1 Å². The van der Waals surface area contributed by atoms with E-state index >= 15 is 0 Å². The largest absolute Gasteiger partial charge is 0.325 e. The molecule has 136 valence electrons. The number of nitrogens with one attached hydrogen (secondary N) is 1. The summed E-state index contributed by atoms with van der Waals surface area (Å²) in [5, 5.41) is 15.1. The molecule has 0 radical (unpaired) electrons. The predicted octanol–water partition coefficient (Wildman–Crippen LogP) is 2.91. The average Bonchev–Trinajstić information content (AvgIpc) is 3.07. The van der Waals surface area contributed by atoms with E-state index in [1.54, 1.807) is 22.9 Å². The SMILES string of the molecule is CC(=O)c1cccc(-n2nnnc2S[C@H]2CCc3ccccc3NC2=O)c1. The minimum atomic E-state index is -0.307. The van der Waals surface area contributed by atoms with Crippen LogP contribution in [0.5, 0.6) is 0 Å². The van der Waals surface area contributed by atoms with Crippen molar-refractivity contribution in [3.05, 3.63) is 59.7 Å². The molecule has 0 spiro atoms. The van der Waals surface area contributed by atoms with E-state index in [1.165, 1.54) is 18.7 Å². The van der Waals surface area contributed by atoms with Crippen molar-refractivity contribution in [1.82, 2.24) is 20.2 Å². The smallest absolute Gasteiger partial charge is 0.237 e. The lowest BCUT2D eigenvalue weighted by Crippen LogP contribution is -2.24. The molecular formula is C19H17N5O2S. The van der Waals surface area contributed by atoms with Gasteiger partial charge in [0.2, 0.25) is 11.1 Å². The van der Waals surface area contributed by atoms with Crippen molar-refractivity contribution >= 4 is 29.1 Å². The number of carbonyl (C=O) groups excluding carboxylic acids is 2. The molecule has 0 saturated heterocycles. The molecule has 0 fully saturated rings. The summed E-state index contributed by atoms with van der Waals surface area (Å²) in [5.74, 6) is -0.0861. The Hall–Kier alpha value is -3.00. The van der Waals surface area contributed by atoms with Crippen LogP contribution >= 0.6 is 11.8 Å². The monoisotopic (exact) mass is 379 g/mol. The number of anilines is 1. The highest BCUT2D eigenvalue weighted by Gasteiger charge is 2.27. The van der Waals surface area contributed by atoms with Crippen molar-refractivity contribution in [1.29, 1.82) is 0 Å². The average molecular weight is 379 g/mol. The highest BCUT2D eigenvalue weighted by Crippen LogP contribution is 2.31. The van der Waals surface area contributed by atoms with E-state index in [1.807, 2.05) is 30.3 Å². The molecule has 0 saturated carbocycles. The van der Waals surface area contributed by atoms with E-state index in [0.29, 0.717) is 22.8 Å². The second-order valence-corrected chi connectivity index (χ2v) is 7.44. The Balaban J connectivity index is 1.58. The van der Waals surface area contributed by atoms with E-state index in [4.69, 9.17) is 0 Å². The topological polar surface area (TPSA) is 89.8 Å². The van der Waals surface area contributed by atoms with Crippen LogP contribution in [0.2, 0.25) is 0 Å². The third kappa shape index (κ3) is 3.61. The number of thioether (sulfide) groups is 1. The number of carbonyl (C=O) groups is 2. The van der Waals surface area contributed by atoms with Crippen molar-refractivity contribution in [3.8, 4) is 5.69 Å². The Labute approximate surface area is 160 Å². The van der Waals surface area contributed by atoms with Crippen LogP contribution in [0.4, 0.5) is 5.69 Å². The molecular weight excluding hydrogens is 362 g/mol. The molecule has 8 heteroatoms. The molecule has 1 aliphatic rings. The maximum atomic E-state index is 12.6. The van der Waals surface area contributed by atoms with Gasteiger partial charge in [-0.1, -0.05) is 42.1 Å². The Morgan fingerprint density at radius 2 is 2.07 bits per heavy atom. The van der Waals surface area contributed by atoms with Crippen molar-refractivity contribution in [3.63, 3.8) is 0 Å². The first-order valence-electron chi connectivity index (χ1n) is 8.57. The zero-order chi connectivity index (χ0) is 18.8. The van der Waals surface area contributed by atoms with Gasteiger partial charge >= 0.3 is 0 Å². The van der Waals surface area contributed by atoms with Gasteiger partial charge in [0, 0.05) is 11.3 Å². The zero-order valence-electron chi connectivity index (χ0n) is 14.6. The first-order chi connectivity index (χ1) is 13.1. The first-order valence-corrected chi connectivity index (χ1v) is 9.45. The summed E-state index contributed by atoms with van der Waals surface area (Å²) >= 11 is 1.33. The van der Waals surface area contributed by atoms with Crippen LogP contribution in [0.3, 0.4) is 0 Å². The highest BCUT2D eigenvalue weighted by molar-refractivity contribution is 8.00. The molecule has 4 rings (SSSR count). The van der Waals surface area contributed by atoms with E-state index in [9.17, 15) is 9.59 Å². The van der Waals surface area contributed by atoms with Crippen LogP contribution in [0.15, 0.2) is 53.7 Å². The number of ketones is 1. The lowest BCUT2D eigenvalue weighted by atomic mass is 10.1. The highest BCUT2D eigenvalue weighted by atomic mass is 32.2. The Bertz CT molecular complexity index is 1020. The molecule has 27 heavy (non-hydrogen) atoms. The summed E-state index contributed by atoms with van der Waals surface area (Å²) in [7, 11) is 0. The summed E-state index contributed by atoms with van der Waals surface area (Å²) in [6, 6.07) is 14.9. The number of Topliss-reactive ketones (excluding diaryl/α,β-unsaturated/α-hetero) is 1. The number of hydrogen-bond donors (Lipinski definition) is 1. The van der Waals surface area contributed by atoms with E-state index in [2.05, 4.69) is 20.8 Å². The minimum Gasteiger partial charge on any atom is -0.325 e. The molecule has 1 N–H and O–H groups in total. The molecule has 1 aliphatic heterocycles. The molecule has 1 aromatic heterocycles. The van der Waals surface area contributed by atoms with Gasteiger partial charge in [0.25, 0.3) is 0 Å². The molecule has 7 nitrogen and oxygen atoms in total. The molecule has 0 bridgehead atoms. The summed E-state index contributed by atoms with van der Waals surface area (Å²) in [5.41, 5.74) is 3.26. The normalized spacial score (nSPS) is 16.3. The molecule has 2 heterocycles. The van der Waals surface area contributed by atoms with Gasteiger partial charge in [0.1, 0.15) is 0 Å². The summed E-state index contributed by atoms with van der Waals surface area (Å²) in [6.07, 6.45) is 1.49. The van der Waals surface area contributed by atoms with Gasteiger partial charge < -0.3 is 5.32 Å². The van der Waals surface area contributed by atoms with Crippen molar-refractivity contribution in [2.45, 2.75) is 30.2 Å². The molecule has 1 amide bonds. The zero-order valence-corrected chi connectivity index (χ0v) is 15.4. The second-order valence-electron chi connectivity index (χ2n) is 6.27. The van der Waals surface area contributed by atoms with Gasteiger partial charge in [-0.05, 0) is 54.0 Å². The predicted molar refractivity (Wildman–Crippen MR) is 102 cm³/mol. The standard InChI is InChI=1S/C19H17N5O2S/c1-12(25)14-6-4-7-15(11-14)24-19(21-22-23-24)27-17-10-9-13-5-2-3-8-16(13)20-18(17)26/h2-8,11,17H,9-10H2,1H3,(H,20,26)/t17-/m0/s1. The third-order valence-corrected chi connectivity index (χ3v) is 5.63. The van der Waals surface area contributed by atoms with Gasteiger partial charge in [-0.2, -0.15) is 4.68 Å². The Morgan fingerprint density at radius 1 is 1.22 bits per heavy atom. The lowest BCUT2D eigenvalue weighted by Gasteiger charge is -2.12. The second kappa shape index (κ2) is 7.32. The van der Waals surface area contributed by atoms with Crippen LogP contribution in [0.25, 0.3) is 5.69 Å². The lowest BCUT2D eigenvalue weighted by molar-refractivity contribution is -0.115. The van der Waals surface area contributed by atoms with Gasteiger partial charge in [0.15, 0.2) is 5.78 Å². The first kappa shape index (κ1) is 17.4. The number of tetrazole rings is 1. The number of amides is 1. The molecule has 3 aromatic rings. The number of aromatic nitrogens is 4. The molecule has 2 aromatic carbocycles. The fourth-order valence-corrected chi connectivity index (χ4v) is 3.98. The third-order valence-electron chi connectivity index (χ3n) is 4.43. The quantitative estimate of drug-likeness (QED) is 0.701. The fraction of sp³-hybridized carbons (Fsp3) is 0.211. The van der Waals surface area contributed by atoms with Crippen LogP contribution in [-0.2, 0) is 11.2 Å². The van der Waals surface area contributed by atoms with Crippen LogP contribution in [0, 0.1) is 0 Å². The Morgan fingerprint density at radius 3 is 2.93 bits per heavy atom. The van der Waals surface area contributed by atoms with Crippen LogP contribution in [0.1, 0.15) is 29.3 Å². The molecule has 0 aliphatic carbocycles. The summed E-state index contributed by atoms with van der Waals surface area (Å²) < 4.78 is 1.56.